The fraction of sp³-hybridized carbons (Fsp3) is 0.238. The molecule has 26 heavy (non-hydrogen) atoms. The molecule has 1 saturated carbocycles. The minimum absolute atomic E-state index is 0.232. The van der Waals surface area contributed by atoms with Gasteiger partial charge in [-0.2, -0.15) is 5.10 Å². The molecule has 0 bridgehead atoms. The zero-order valence-corrected chi connectivity index (χ0v) is 14.5. The zero-order valence-electron chi connectivity index (χ0n) is 14.5. The number of carbonyl (C=O) groups excluding carboxylic acids is 1. The molecule has 2 aromatic carbocycles. The van der Waals surface area contributed by atoms with Gasteiger partial charge in [0.2, 0.25) is 0 Å². The first kappa shape index (κ1) is 16.4. The van der Waals surface area contributed by atoms with Crippen LogP contribution in [0, 0.1) is 0 Å². The number of rotatable bonds is 5. The van der Waals surface area contributed by atoms with Crippen LogP contribution in [0.1, 0.15) is 36.2 Å². The van der Waals surface area contributed by atoms with Gasteiger partial charge in [-0.1, -0.05) is 18.2 Å². The number of carbonyl (C=O) groups is 1. The van der Waals surface area contributed by atoms with Crippen LogP contribution in [-0.2, 0) is 0 Å². The second-order valence-corrected chi connectivity index (χ2v) is 6.48. The highest BCUT2D eigenvalue weighted by molar-refractivity contribution is 6.02. The van der Waals surface area contributed by atoms with Crippen molar-refractivity contribution in [2.75, 3.05) is 5.32 Å². The lowest BCUT2D eigenvalue weighted by molar-refractivity contribution is 0.102. The van der Waals surface area contributed by atoms with Gasteiger partial charge in [-0.15, -0.1) is 0 Å². The molecule has 0 atom stereocenters. The number of hydrogen-bond acceptors (Lipinski definition) is 3. The Kier molecular flexibility index (Phi) is 4.69. The topological polar surface area (TPSA) is 56.1 Å². The number of benzene rings is 2. The molecule has 0 saturated heterocycles. The lowest BCUT2D eigenvalue weighted by atomic mass is 10.2. The van der Waals surface area contributed by atoms with E-state index >= 15 is 0 Å². The normalized spacial score (nSPS) is 14.3. The molecule has 0 spiro atoms. The first-order valence-corrected chi connectivity index (χ1v) is 8.97. The van der Waals surface area contributed by atoms with Crippen molar-refractivity contribution in [2.24, 2.45) is 0 Å². The van der Waals surface area contributed by atoms with Gasteiger partial charge >= 0.3 is 0 Å². The Labute approximate surface area is 152 Å². The van der Waals surface area contributed by atoms with Crippen LogP contribution in [0.2, 0.25) is 0 Å². The van der Waals surface area contributed by atoms with E-state index in [1.54, 1.807) is 16.9 Å². The molecule has 5 nitrogen and oxygen atoms in total. The third kappa shape index (κ3) is 3.77. The predicted molar refractivity (Wildman–Crippen MR) is 101 cm³/mol. The highest BCUT2D eigenvalue weighted by atomic mass is 16.5. The van der Waals surface area contributed by atoms with Crippen molar-refractivity contribution in [3.05, 3.63) is 72.6 Å². The van der Waals surface area contributed by atoms with Crippen LogP contribution in [0.25, 0.3) is 5.69 Å². The summed E-state index contributed by atoms with van der Waals surface area (Å²) in [6, 6.07) is 18.9. The van der Waals surface area contributed by atoms with Gasteiger partial charge in [0.1, 0.15) is 5.75 Å². The monoisotopic (exact) mass is 347 g/mol. The standard InChI is InChI=1S/C21H21N3O2/c25-21(20-14-15-24(23-20)17-6-2-1-3-7-17)22-16-10-12-19(13-11-16)26-18-8-4-5-9-18/h1-3,6-7,10-15,18H,4-5,8-9H2,(H,22,25). The van der Waals surface area contributed by atoms with Crippen LogP contribution in [0.4, 0.5) is 5.69 Å². The van der Waals surface area contributed by atoms with E-state index in [4.69, 9.17) is 4.74 Å². The van der Waals surface area contributed by atoms with Crippen LogP contribution < -0.4 is 10.1 Å². The number of para-hydroxylation sites is 1. The van der Waals surface area contributed by atoms with Gasteiger partial charge in [0.15, 0.2) is 5.69 Å². The molecular weight excluding hydrogens is 326 g/mol. The van der Waals surface area contributed by atoms with Gasteiger partial charge in [-0.05, 0) is 68.1 Å². The molecule has 1 aliphatic carbocycles. The van der Waals surface area contributed by atoms with Crippen molar-refractivity contribution in [3.8, 4) is 11.4 Å². The second-order valence-electron chi connectivity index (χ2n) is 6.48. The van der Waals surface area contributed by atoms with Crippen LogP contribution in [0.3, 0.4) is 0 Å². The highest BCUT2D eigenvalue weighted by Gasteiger charge is 2.16. The Hall–Kier alpha value is -3.08. The van der Waals surface area contributed by atoms with Gasteiger partial charge in [-0.3, -0.25) is 4.79 Å². The Bertz CT molecular complexity index is 866. The van der Waals surface area contributed by atoms with E-state index in [1.807, 2.05) is 54.6 Å². The van der Waals surface area contributed by atoms with Crippen molar-refractivity contribution in [1.82, 2.24) is 9.78 Å². The molecule has 132 valence electrons. The molecule has 1 N–H and O–H groups in total. The summed E-state index contributed by atoms with van der Waals surface area (Å²) in [7, 11) is 0. The SMILES string of the molecule is O=C(Nc1ccc(OC2CCCC2)cc1)c1ccn(-c2ccccc2)n1. The van der Waals surface area contributed by atoms with Crippen LogP contribution in [0.15, 0.2) is 66.9 Å². The summed E-state index contributed by atoms with van der Waals surface area (Å²) in [6.45, 7) is 0. The molecule has 1 fully saturated rings. The van der Waals surface area contributed by atoms with E-state index in [9.17, 15) is 4.79 Å². The van der Waals surface area contributed by atoms with Gasteiger partial charge in [0.25, 0.3) is 5.91 Å². The van der Waals surface area contributed by atoms with E-state index in [-0.39, 0.29) is 5.91 Å². The Morgan fingerprint density at radius 3 is 2.46 bits per heavy atom. The summed E-state index contributed by atoms with van der Waals surface area (Å²) >= 11 is 0. The third-order valence-corrected chi connectivity index (χ3v) is 4.56. The average molecular weight is 347 g/mol. The Morgan fingerprint density at radius 2 is 1.73 bits per heavy atom. The van der Waals surface area contributed by atoms with E-state index in [0.717, 1.165) is 30.0 Å². The molecular formula is C21H21N3O2. The van der Waals surface area contributed by atoms with Crippen molar-refractivity contribution in [2.45, 2.75) is 31.8 Å². The molecule has 0 aliphatic heterocycles. The van der Waals surface area contributed by atoms with Crippen molar-refractivity contribution in [1.29, 1.82) is 0 Å². The van der Waals surface area contributed by atoms with Crippen LogP contribution in [0.5, 0.6) is 5.75 Å². The van der Waals surface area contributed by atoms with E-state index in [1.165, 1.54) is 12.8 Å². The average Bonchev–Trinajstić information content (AvgIpc) is 3.36. The number of ether oxygens (including phenoxy) is 1. The summed E-state index contributed by atoms with van der Waals surface area (Å²) in [5, 5.41) is 7.22. The molecule has 5 heteroatoms. The second kappa shape index (κ2) is 7.44. The van der Waals surface area contributed by atoms with Crippen LogP contribution >= 0.6 is 0 Å². The maximum Gasteiger partial charge on any atom is 0.276 e. The summed E-state index contributed by atoms with van der Waals surface area (Å²) in [5.41, 5.74) is 2.02. The summed E-state index contributed by atoms with van der Waals surface area (Å²) < 4.78 is 7.63. The summed E-state index contributed by atoms with van der Waals surface area (Å²) in [4.78, 5) is 12.4. The lowest BCUT2D eigenvalue weighted by Crippen LogP contribution is -2.13. The van der Waals surface area contributed by atoms with Gasteiger partial charge in [-0.25, -0.2) is 4.68 Å². The van der Waals surface area contributed by atoms with Crippen LogP contribution in [-0.4, -0.2) is 21.8 Å². The molecule has 1 aliphatic rings. The summed E-state index contributed by atoms with van der Waals surface area (Å²) in [6.07, 6.45) is 6.86. The molecule has 1 aromatic heterocycles. The fourth-order valence-electron chi connectivity index (χ4n) is 3.18. The number of anilines is 1. The first-order valence-electron chi connectivity index (χ1n) is 8.97. The summed E-state index contributed by atoms with van der Waals surface area (Å²) in [5.74, 6) is 0.618. The molecule has 4 rings (SSSR count). The zero-order chi connectivity index (χ0) is 17.8. The number of amides is 1. The maximum atomic E-state index is 12.4. The Morgan fingerprint density at radius 1 is 1.00 bits per heavy atom. The minimum atomic E-state index is -0.232. The molecule has 0 radical (unpaired) electrons. The van der Waals surface area contributed by atoms with Crippen molar-refractivity contribution >= 4 is 11.6 Å². The predicted octanol–water partition coefficient (Wildman–Crippen LogP) is 4.45. The van der Waals surface area contributed by atoms with Gasteiger partial charge in [0, 0.05) is 11.9 Å². The van der Waals surface area contributed by atoms with E-state index in [2.05, 4.69) is 10.4 Å². The van der Waals surface area contributed by atoms with E-state index < -0.39 is 0 Å². The van der Waals surface area contributed by atoms with Gasteiger partial charge < -0.3 is 10.1 Å². The highest BCUT2D eigenvalue weighted by Crippen LogP contribution is 2.25. The van der Waals surface area contributed by atoms with Crippen molar-refractivity contribution in [3.63, 3.8) is 0 Å². The molecule has 0 unspecified atom stereocenters. The number of hydrogen-bond donors (Lipinski definition) is 1. The van der Waals surface area contributed by atoms with Gasteiger partial charge in [0.05, 0.1) is 11.8 Å². The smallest absolute Gasteiger partial charge is 0.276 e. The molecule has 1 heterocycles. The van der Waals surface area contributed by atoms with E-state index in [0.29, 0.717) is 11.8 Å². The minimum Gasteiger partial charge on any atom is -0.490 e. The number of nitrogens with one attached hydrogen (secondary N) is 1. The first-order chi connectivity index (χ1) is 12.8. The molecule has 3 aromatic rings. The van der Waals surface area contributed by atoms with Crippen molar-refractivity contribution < 1.29 is 9.53 Å². The number of aromatic nitrogens is 2. The fourth-order valence-corrected chi connectivity index (χ4v) is 3.18. The third-order valence-electron chi connectivity index (χ3n) is 4.56. The maximum absolute atomic E-state index is 12.4. The Balaban J connectivity index is 1.39. The largest absolute Gasteiger partial charge is 0.490 e. The quantitative estimate of drug-likeness (QED) is 0.742. The number of nitrogens with zero attached hydrogens (tertiary/aromatic N) is 2. The molecule has 1 amide bonds. The lowest BCUT2D eigenvalue weighted by Gasteiger charge is -2.13.